The Morgan fingerprint density at radius 2 is 1.57 bits per heavy atom. The molecule has 2 aliphatic heterocycles. The van der Waals surface area contributed by atoms with Crippen molar-refractivity contribution in [3.63, 3.8) is 0 Å². The maximum absolute atomic E-state index is 12.5. The third-order valence-corrected chi connectivity index (χ3v) is 8.58. The maximum Gasteiger partial charge on any atom is 0.295 e. The number of H-pyrrole nitrogens is 1. The Balaban J connectivity index is 1.08. The van der Waals surface area contributed by atoms with Crippen LogP contribution in [0.2, 0.25) is 5.02 Å². The lowest BCUT2D eigenvalue weighted by molar-refractivity contribution is -0.113. The Kier molecular flexibility index (Phi) is 9.57. The number of aliphatic hydroxyl groups is 6. The molecule has 3 heterocycles. The number of aromatic nitrogens is 2. The summed E-state index contributed by atoms with van der Waals surface area (Å²) in [6.45, 7) is -0.671. The van der Waals surface area contributed by atoms with Crippen molar-refractivity contribution < 1.29 is 49.6 Å². The van der Waals surface area contributed by atoms with E-state index in [2.05, 4.69) is 15.3 Å². The Morgan fingerprint density at radius 1 is 0.935 bits per heavy atom. The van der Waals surface area contributed by atoms with Gasteiger partial charge in [-0.2, -0.15) is 4.98 Å². The summed E-state index contributed by atoms with van der Waals surface area (Å²) in [5, 5.41) is 60.9. The average Bonchev–Trinajstić information content (AvgIpc) is 3.78. The number of carbonyl (C=O) groups excluding carboxylic acids is 1. The SMILES string of the molecule is O=C(NC[C@H](O)[C@@H](O)[C@H](O)[C@H](O)CO)c1ccc(-c2ccc(-c3cc4nc(O[C@@H]5CO[C@H]6[C@@H]5OC[C@H]6O)[nH]c4cc3Cl)cc2)cc1. The van der Waals surface area contributed by atoms with Crippen molar-refractivity contribution in [1.82, 2.24) is 15.3 Å². The van der Waals surface area contributed by atoms with E-state index in [4.69, 9.17) is 30.9 Å². The fourth-order valence-electron chi connectivity index (χ4n) is 5.61. The van der Waals surface area contributed by atoms with Crippen LogP contribution < -0.4 is 10.1 Å². The van der Waals surface area contributed by atoms with Crippen LogP contribution in [0.3, 0.4) is 0 Å². The predicted octanol–water partition coefficient (Wildman–Crippen LogP) is 0.622. The van der Waals surface area contributed by atoms with Gasteiger partial charge in [-0.05, 0) is 41.0 Å². The molecule has 2 saturated heterocycles. The molecule has 8 N–H and O–H groups in total. The standard InChI is InChI=1S/C32H34ClN3O10/c33-20-10-22-21(35-32(36-22)46-26-14-45-29-25(40)13-44-30(26)29)9-19(20)17-5-1-15(2-6-17)16-3-7-18(8-4-16)31(43)34-11-23(38)27(41)28(42)24(39)12-37/h1-10,23-30,37-42H,11-14H2,(H,34,43)(H,35,36)/t23-,24+,25+,26+,27+,28+,29+,30+/m0/s1. The zero-order chi connectivity index (χ0) is 32.5. The number of ether oxygens (including phenoxy) is 3. The zero-order valence-electron chi connectivity index (χ0n) is 24.4. The lowest BCUT2D eigenvalue weighted by Gasteiger charge is -2.25. The lowest BCUT2D eigenvalue weighted by Crippen LogP contribution is -2.49. The van der Waals surface area contributed by atoms with Gasteiger partial charge in [0.25, 0.3) is 11.9 Å². The molecule has 4 aromatic rings. The van der Waals surface area contributed by atoms with E-state index in [1.165, 1.54) is 0 Å². The highest BCUT2D eigenvalue weighted by Gasteiger charge is 2.48. The van der Waals surface area contributed by atoms with Gasteiger partial charge in [-0.15, -0.1) is 0 Å². The molecule has 0 unspecified atom stereocenters. The van der Waals surface area contributed by atoms with Crippen LogP contribution in [0.1, 0.15) is 10.4 Å². The van der Waals surface area contributed by atoms with Gasteiger partial charge in [0.2, 0.25) is 0 Å². The second-order valence-electron chi connectivity index (χ2n) is 11.4. The van der Waals surface area contributed by atoms with Gasteiger partial charge in [-0.1, -0.05) is 48.0 Å². The zero-order valence-corrected chi connectivity index (χ0v) is 25.1. The summed E-state index contributed by atoms with van der Waals surface area (Å²) < 4.78 is 17.3. The topological polar surface area (TPSA) is 207 Å². The molecule has 14 heteroatoms. The fraction of sp³-hybridized carbons (Fsp3) is 0.375. The van der Waals surface area contributed by atoms with Crippen LogP contribution in [-0.4, -0.2) is 122 Å². The molecule has 1 aromatic heterocycles. The highest BCUT2D eigenvalue weighted by molar-refractivity contribution is 6.34. The Bertz CT molecular complexity index is 1670. The first-order chi connectivity index (χ1) is 22.1. The third-order valence-electron chi connectivity index (χ3n) is 8.27. The van der Waals surface area contributed by atoms with Crippen LogP contribution in [0, 0.1) is 0 Å². The van der Waals surface area contributed by atoms with E-state index in [0.717, 1.165) is 22.3 Å². The van der Waals surface area contributed by atoms with E-state index in [9.17, 15) is 30.3 Å². The minimum atomic E-state index is -1.77. The summed E-state index contributed by atoms with van der Waals surface area (Å²) in [6.07, 6.45) is -8.55. The summed E-state index contributed by atoms with van der Waals surface area (Å²) in [5.74, 6) is -0.506. The van der Waals surface area contributed by atoms with Crippen molar-refractivity contribution in [3.8, 4) is 28.3 Å². The van der Waals surface area contributed by atoms with Crippen molar-refractivity contribution in [2.75, 3.05) is 26.4 Å². The largest absolute Gasteiger partial charge is 0.456 e. The predicted molar refractivity (Wildman–Crippen MR) is 165 cm³/mol. The van der Waals surface area contributed by atoms with E-state index in [-0.39, 0.29) is 25.9 Å². The van der Waals surface area contributed by atoms with Crippen LogP contribution in [0.5, 0.6) is 6.01 Å². The molecule has 2 fully saturated rings. The third kappa shape index (κ3) is 6.60. The Morgan fingerprint density at radius 3 is 2.26 bits per heavy atom. The van der Waals surface area contributed by atoms with Crippen molar-refractivity contribution in [2.24, 2.45) is 0 Å². The number of aromatic amines is 1. The fourth-order valence-corrected chi connectivity index (χ4v) is 5.88. The lowest BCUT2D eigenvalue weighted by atomic mass is 9.99. The quantitative estimate of drug-likeness (QED) is 0.112. The van der Waals surface area contributed by atoms with Gasteiger partial charge in [0.05, 0.1) is 42.0 Å². The molecule has 6 rings (SSSR count). The number of hydrogen-bond donors (Lipinski definition) is 8. The van der Waals surface area contributed by atoms with Crippen LogP contribution in [0.25, 0.3) is 33.3 Å². The van der Waals surface area contributed by atoms with Gasteiger partial charge in [0.1, 0.15) is 36.6 Å². The number of aliphatic hydroxyl groups excluding tert-OH is 6. The molecule has 0 bridgehead atoms. The molecule has 0 aliphatic carbocycles. The van der Waals surface area contributed by atoms with Gasteiger partial charge in [-0.3, -0.25) is 4.79 Å². The Hall–Kier alpha value is -3.63. The summed E-state index contributed by atoms with van der Waals surface area (Å²) in [7, 11) is 0. The highest BCUT2D eigenvalue weighted by Crippen LogP contribution is 2.35. The number of nitrogens with one attached hydrogen (secondary N) is 2. The molecular weight excluding hydrogens is 622 g/mol. The summed E-state index contributed by atoms with van der Waals surface area (Å²) in [6, 6.07) is 18.5. The first-order valence-corrected chi connectivity index (χ1v) is 15.1. The van der Waals surface area contributed by atoms with Gasteiger partial charge >= 0.3 is 0 Å². The molecule has 3 aromatic carbocycles. The number of imidazole rings is 1. The van der Waals surface area contributed by atoms with Gasteiger partial charge in [0.15, 0.2) is 6.10 Å². The van der Waals surface area contributed by atoms with E-state index in [1.807, 2.05) is 30.3 Å². The highest BCUT2D eigenvalue weighted by atomic mass is 35.5. The summed E-state index contributed by atoms with van der Waals surface area (Å²) >= 11 is 6.65. The second kappa shape index (κ2) is 13.6. The van der Waals surface area contributed by atoms with Crippen molar-refractivity contribution in [2.45, 2.75) is 48.8 Å². The van der Waals surface area contributed by atoms with Crippen molar-refractivity contribution >= 4 is 28.5 Å². The van der Waals surface area contributed by atoms with Gasteiger partial charge < -0.3 is 55.2 Å². The summed E-state index contributed by atoms with van der Waals surface area (Å²) in [5.41, 5.74) is 5.08. The number of fused-ring (bicyclic) bond motifs is 2. The number of halogens is 1. The first kappa shape index (κ1) is 32.3. The smallest absolute Gasteiger partial charge is 0.295 e. The van der Waals surface area contributed by atoms with E-state index in [0.29, 0.717) is 27.6 Å². The second-order valence-corrected chi connectivity index (χ2v) is 11.8. The molecule has 1 amide bonds. The van der Waals surface area contributed by atoms with Crippen LogP contribution >= 0.6 is 11.6 Å². The van der Waals surface area contributed by atoms with Gasteiger partial charge in [-0.25, -0.2) is 0 Å². The van der Waals surface area contributed by atoms with Crippen molar-refractivity contribution in [3.05, 3.63) is 71.2 Å². The normalized spacial score (nSPS) is 23.5. The number of amides is 1. The number of rotatable bonds is 11. The number of benzene rings is 3. The minimum absolute atomic E-state index is 0.210. The molecule has 46 heavy (non-hydrogen) atoms. The minimum Gasteiger partial charge on any atom is -0.456 e. The maximum atomic E-state index is 12.5. The molecule has 2 aliphatic rings. The monoisotopic (exact) mass is 655 g/mol. The molecule has 8 atom stereocenters. The van der Waals surface area contributed by atoms with E-state index >= 15 is 0 Å². The average molecular weight is 656 g/mol. The van der Waals surface area contributed by atoms with Crippen LogP contribution in [0.15, 0.2) is 60.7 Å². The molecule has 0 spiro atoms. The number of hydrogen-bond acceptors (Lipinski definition) is 11. The van der Waals surface area contributed by atoms with E-state index in [1.54, 1.807) is 30.3 Å². The molecule has 13 nitrogen and oxygen atoms in total. The Labute approximate surface area is 268 Å². The van der Waals surface area contributed by atoms with Crippen LogP contribution in [-0.2, 0) is 9.47 Å². The van der Waals surface area contributed by atoms with Crippen molar-refractivity contribution in [1.29, 1.82) is 0 Å². The molecule has 244 valence electrons. The molecule has 0 radical (unpaired) electrons. The number of nitrogens with zero attached hydrogens (tertiary/aromatic N) is 1. The molecule has 0 saturated carbocycles. The summed E-state index contributed by atoms with van der Waals surface area (Å²) in [4.78, 5) is 20.3. The first-order valence-electron chi connectivity index (χ1n) is 14.7. The van der Waals surface area contributed by atoms with E-state index < -0.39 is 55.2 Å². The number of carbonyl (C=O) groups is 1. The van der Waals surface area contributed by atoms with Gasteiger partial charge in [0, 0.05) is 17.7 Å². The van der Waals surface area contributed by atoms with Crippen LogP contribution in [0.4, 0.5) is 0 Å². The molecular formula is C32H34ClN3O10.